The minimum absolute atomic E-state index is 0.295. The number of fused-ring (bicyclic) bond motifs is 1. The summed E-state index contributed by atoms with van der Waals surface area (Å²) in [5.74, 6) is 0.0273. The summed E-state index contributed by atoms with van der Waals surface area (Å²) in [5.41, 5.74) is 2.60. The number of carbonyl (C=O) groups excluding carboxylic acids is 1. The average Bonchev–Trinajstić information content (AvgIpc) is 3.28. The normalized spacial score (nSPS) is 11.3. The highest BCUT2D eigenvalue weighted by molar-refractivity contribution is 7.15. The van der Waals surface area contributed by atoms with Crippen LogP contribution in [0, 0.1) is 0 Å². The van der Waals surface area contributed by atoms with Gasteiger partial charge in [-0.2, -0.15) is 0 Å². The number of rotatable bonds is 6. The summed E-state index contributed by atoms with van der Waals surface area (Å²) >= 11 is 7.67. The van der Waals surface area contributed by atoms with E-state index < -0.39 is 0 Å². The van der Waals surface area contributed by atoms with E-state index in [2.05, 4.69) is 10.3 Å². The van der Waals surface area contributed by atoms with Crippen molar-refractivity contribution in [2.24, 2.45) is 0 Å². The SMILES string of the molecule is CN(C)Cc1c(C(=O)Nc2ncc(Cc3ccccc3Cl)s2)oc2ccccc12. The Bertz CT molecular complexity index is 1170. The van der Waals surface area contributed by atoms with Gasteiger partial charge in [-0.15, -0.1) is 11.3 Å². The Morgan fingerprint density at radius 1 is 1.17 bits per heavy atom. The van der Waals surface area contributed by atoms with Gasteiger partial charge >= 0.3 is 0 Å². The number of hydrogen-bond donors (Lipinski definition) is 1. The van der Waals surface area contributed by atoms with Crippen LogP contribution in [0.2, 0.25) is 5.02 Å². The Morgan fingerprint density at radius 2 is 1.93 bits per heavy atom. The maximum Gasteiger partial charge on any atom is 0.293 e. The molecule has 5 nitrogen and oxygen atoms in total. The first kappa shape index (κ1) is 19.6. The van der Waals surface area contributed by atoms with Crippen molar-refractivity contribution < 1.29 is 9.21 Å². The largest absolute Gasteiger partial charge is 0.451 e. The molecule has 0 radical (unpaired) electrons. The molecule has 148 valence electrons. The number of para-hydroxylation sites is 1. The van der Waals surface area contributed by atoms with Gasteiger partial charge in [-0.05, 0) is 31.8 Å². The molecule has 0 aliphatic carbocycles. The minimum Gasteiger partial charge on any atom is -0.451 e. The van der Waals surface area contributed by atoms with E-state index in [1.54, 1.807) is 6.20 Å². The van der Waals surface area contributed by atoms with Gasteiger partial charge in [0.2, 0.25) is 0 Å². The van der Waals surface area contributed by atoms with E-state index in [1.165, 1.54) is 11.3 Å². The second-order valence-corrected chi connectivity index (χ2v) is 8.52. The summed E-state index contributed by atoms with van der Waals surface area (Å²) in [6.45, 7) is 0.607. The number of hydrogen-bond acceptors (Lipinski definition) is 5. The van der Waals surface area contributed by atoms with Gasteiger partial charge < -0.3 is 9.32 Å². The van der Waals surface area contributed by atoms with Crippen molar-refractivity contribution in [3.63, 3.8) is 0 Å². The third-order valence-corrected chi connectivity index (χ3v) is 5.76. The molecule has 4 rings (SSSR count). The Hall–Kier alpha value is -2.67. The number of nitrogens with one attached hydrogen (secondary N) is 1. The van der Waals surface area contributed by atoms with E-state index in [4.69, 9.17) is 16.0 Å². The molecule has 0 saturated carbocycles. The highest BCUT2D eigenvalue weighted by Gasteiger charge is 2.22. The van der Waals surface area contributed by atoms with Crippen molar-refractivity contribution in [3.8, 4) is 0 Å². The van der Waals surface area contributed by atoms with Gasteiger partial charge in [0.15, 0.2) is 10.9 Å². The maximum absolute atomic E-state index is 12.9. The Labute approximate surface area is 177 Å². The van der Waals surface area contributed by atoms with Gasteiger partial charge in [-0.3, -0.25) is 10.1 Å². The summed E-state index contributed by atoms with van der Waals surface area (Å²) in [7, 11) is 3.93. The van der Waals surface area contributed by atoms with Gasteiger partial charge in [0.05, 0.1) is 0 Å². The average molecular weight is 426 g/mol. The smallest absolute Gasteiger partial charge is 0.293 e. The topological polar surface area (TPSA) is 58.4 Å². The van der Waals surface area contributed by atoms with Crippen LogP contribution in [-0.4, -0.2) is 29.9 Å². The highest BCUT2D eigenvalue weighted by atomic mass is 35.5. The number of aromatic nitrogens is 1. The van der Waals surface area contributed by atoms with Gasteiger partial charge in [0.1, 0.15) is 5.58 Å². The highest BCUT2D eigenvalue weighted by Crippen LogP contribution is 2.29. The van der Waals surface area contributed by atoms with Crippen molar-refractivity contribution in [2.75, 3.05) is 19.4 Å². The van der Waals surface area contributed by atoms with Crippen molar-refractivity contribution in [1.82, 2.24) is 9.88 Å². The van der Waals surface area contributed by atoms with E-state index in [1.807, 2.05) is 67.5 Å². The first-order chi connectivity index (χ1) is 14.0. The van der Waals surface area contributed by atoms with Crippen molar-refractivity contribution >= 4 is 44.9 Å². The second-order valence-electron chi connectivity index (χ2n) is 7.00. The predicted molar refractivity (Wildman–Crippen MR) is 118 cm³/mol. The lowest BCUT2D eigenvalue weighted by Gasteiger charge is -2.09. The van der Waals surface area contributed by atoms with Gasteiger partial charge in [-0.1, -0.05) is 48.0 Å². The standard InChI is InChI=1S/C22H20ClN3O2S/c1-26(2)13-17-16-8-4-6-10-19(16)28-20(17)21(27)25-22-24-12-15(29-22)11-14-7-3-5-9-18(14)23/h3-10,12H,11,13H2,1-2H3,(H,24,25,27). The summed E-state index contributed by atoms with van der Waals surface area (Å²) in [4.78, 5) is 20.3. The molecule has 29 heavy (non-hydrogen) atoms. The summed E-state index contributed by atoms with van der Waals surface area (Å²) < 4.78 is 5.87. The predicted octanol–water partition coefficient (Wildman–Crippen LogP) is 5.45. The molecule has 0 atom stereocenters. The van der Waals surface area contributed by atoms with E-state index >= 15 is 0 Å². The molecule has 0 saturated heterocycles. The molecule has 2 aromatic heterocycles. The molecular formula is C22H20ClN3O2S. The van der Waals surface area contributed by atoms with Crippen molar-refractivity contribution in [3.05, 3.63) is 81.5 Å². The van der Waals surface area contributed by atoms with Crippen LogP contribution in [0.25, 0.3) is 11.0 Å². The van der Waals surface area contributed by atoms with Crippen LogP contribution in [0.1, 0.15) is 26.6 Å². The van der Waals surface area contributed by atoms with Gasteiger partial charge in [0, 0.05) is 40.0 Å². The number of benzene rings is 2. The van der Waals surface area contributed by atoms with Crippen LogP contribution < -0.4 is 5.32 Å². The van der Waals surface area contributed by atoms with Gasteiger partial charge in [-0.25, -0.2) is 4.98 Å². The summed E-state index contributed by atoms with van der Waals surface area (Å²) in [5, 5.41) is 5.09. The fourth-order valence-electron chi connectivity index (χ4n) is 3.19. The van der Waals surface area contributed by atoms with Crippen LogP contribution in [0.15, 0.2) is 59.1 Å². The van der Waals surface area contributed by atoms with Crippen LogP contribution in [0.3, 0.4) is 0 Å². The number of carbonyl (C=O) groups is 1. The fourth-order valence-corrected chi connectivity index (χ4v) is 4.22. The van der Waals surface area contributed by atoms with Crippen LogP contribution in [0.5, 0.6) is 0 Å². The minimum atomic E-state index is -0.295. The lowest BCUT2D eigenvalue weighted by atomic mass is 10.1. The Kier molecular flexibility index (Phi) is 5.67. The molecule has 0 bridgehead atoms. The molecule has 2 aromatic carbocycles. The zero-order valence-corrected chi connectivity index (χ0v) is 17.7. The molecule has 1 N–H and O–H groups in total. The summed E-state index contributed by atoms with van der Waals surface area (Å²) in [6.07, 6.45) is 2.44. The summed E-state index contributed by atoms with van der Waals surface area (Å²) in [6, 6.07) is 15.4. The number of anilines is 1. The van der Waals surface area contributed by atoms with Gasteiger partial charge in [0.25, 0.3) is 5.91 Å². The van der Waals surface area contributed by atoms with Crippen molar-refractivity contribution in [1.29, 1.82) is 0 Å². The Morgan fingerprint density at radius 3 is 2.72 bits per heavy atom. The van der Waals surface area contributed by atoms with E-state index in [-0.39, 0.29) is 5.91 Å². The molecule has 1 amide bonds. The van der Waals surface area contributed by atoms with Crippen molar-refractivity contribution in [2.45, 2.75) is 13.0 Å². The molecule has 0 unspecified atom stereocenters. The maximum atomic E-state index is 12.9. The quantitative estimate of drug-likeness (QED) is 0.446. The first-order valence-electron chi connectivity index (χ1n) is 9.16. The third-order valence-electron chi connectivity index (χ3n) is 4.48. The molecule has 0 spiro atoms. The van der Waals surface area contributed by atoms with Crippen LogP contribution >= 0.6 is 22.9 Å². The van der Waals surface area contributed by atoms with Crippen LogP contribution in [0.4, 0.5) is 5.13 Å². The Balaban J connectivity index is 1.56. The lowest BCUT2D eigenvalue weighted by Crippen LogP contribution is -2.17. The molecule has 4 aromatic rings. The number of halogens is 1. The monoisotopic (exact) mass is 425 g/mol. The number of amides is 1. The van der Waals surface area contributed by atoms with E-state index in [0.717, 1.165) is 26.4 Å². The molecule has 0 aliphatic rings. The second kappa shape index (κ2) is 8.37. The number of thiazole rings is 1. The van der Waals surface area contributed by atoms with E-state index in [0.29, 0.717) is 29.4 Å². The molecular weight excluding hydrogens is 406 g/mol. The molecule has 0 fully saturated rings. The first-order valence-corrected chi connectivity index (χ1v) is 10.4. The zero-order chi connectivity index (χ0) is 20.4. The van der Waals surface area contributed by atoms with E-state index in [9.17, 15) is 4.79 Å². The van der Waals surface area contributed by atoms with Crippen LogP contribution in [-0.2, 0) is 13.0 Å². The zero-order valence-electron chi connectivity index (χ0n) is 16.1. The molecule has 2 heterocycles. The lowest BCUT2D eigenvalue weighted by molar-refractivity contribution is 0.0996. The number of furan rings is 1. The fraction of sp³-hybridized carbons (Fsp3) is 0.182. The third kappa shape index (κ3) is 4.34. The molecule has 0 aliphatic heterocycles. The molecule has 7 heteroatoms. The number of nitrogens with zero attached hydrogens (tertiary/aromatic N) is 2.